The number of halogens is 1. The van der Waals surface area contributed by atoms with Gasteiger partial charge in [0.1, 0.15) is 23.8 Å². The third-order valence-corrected chi connectivity index (χ3v) is 6.81. The van der Waals surface area contributed by atoms with E-state index in [1.807, 2.05) is 25.3 Å². The van der Waals surface area contributed by atoms with Gasteiger partial charge >= 0.3 is 5.97 Å². The van der Waals surface area contributed by atoms with Crippen LogP contribution >= 0.6 is 0 Å². The molecule has 1 N–H and O–H groups in total. The number of esters is 1. The third-order valence-electron chi connectivity index (χ3n) is 5.41. The predicted molar refractivity (Wildman–Crippen MR) is 135 cm³/mol. The monoisotopic (exact) mass is 503 g/mol. The molecule has 0 unspecified atom stereocenters. The molecule has 0 aliphatic carbocycles. The Morgan fingerprint density at radius 2 is 1.74 bits per heavy atom. The molecule has 9 heteroatoms. The van der Waals surface area contributed by atoms with Gasteiger partial charge in [-0.25, -0.2) is 17.8 Å². The highest BCUT2D eigenvalue weighted by Crippen LogP contribution is 2.24. The van der Waals surface area contributed by atoms with Crippen molar-refractivity contribution in [1.82, 2.24) is 9.55 Å². The van der Waals surface area contributed by atoms with Crippen LogP contribution in [0.2, 0.25) is 0 Å². The maximum atomic E-state index is 13.2. The van der Waals surface area contributed by atoms with Gasteiger partial charge in [0.2, 0.25) is 0 Å². The van der Waals surface area contributed by atoms with Crippen LogP contribution in [0, 0.1) is 5.82 Å². The molecule has 1 aromatic heterocycles. The summed E-state index contributed by atoms with van der Waals surface area (Å²) >= 11 is 0. The highest BCUT2D eigenvalue weighted by atomic mass is 32.2. The standard InChI is InChI=1S/C26H34FN3O4S/c1-5-6-7-8-9-10-24-28-22-17-20(29-35(32,33)21-14-11-19(27)12-15-21)13-16-23(22)30(24)18-25(31)34-26(2,3)4/h11-17,29H,5-10,18H2,1-4H3. The Labute approximate surface area is 206 Å². The number of fused-ring (bicyclic) bond motifs is 1. The number of aromatic nitrogens is 2. The Balaban J connectivity index is 1.87. The van der Waals surface area contributed by atoms with Crippen LogP contribution in [0.3, 0.4) is 0 Å². The summed E-state index contributed by atoms with van der Waals surface area (Å²) in [7, 11) is -3.89. The van der Waals surface area contributed by atoms with E-state index in [9.17, 15) is 17.6 Å². The molecular formula is C26H34FN3O4S. The second-order valence-corrected chi connectivity index (χ2v) is 11.3. The van der Waals surface area contributed by atoms with Gasteiger partial charge in [-0.1, -0.05) is 32.6 Å². The predicted octanol–water partition coefficient (Wildman–Crippen LogP) is 5.83. The molecule has 35 heavy (non-hydrogen) atoms. The van der Waals surface area contributed by atoms with Crippen molar-refractivity contribution < 1.29 is 22.3 Å². The lowest BCUT2D eigenvalue weighted by molar-refractivity contribution is -0.155. The van der Waals surface area contributed by atoms with Crippen LogP contribution < -0.4 is 4.72 Å². The molecule has 0 bridgehead atoms. The Kier molecular flexibility index (Phi) is 8.53. The van der Waals surface area contributed by atoms with Crippen molar-refractivity contribution >= 4 is 32.7 Å². The lowest BCUT2D eigenvalue weighted by Crippen LogP contribution is -2.27. The minimum Gasteiger partial charge on any atom is -0.459 e. The summed E-state index contributed by atoms with van der Waals surface area (Å²) in [6.07, 6.45) is 6.23. The molecule has 190 valence electrons. The highest BCUT2D eigenvalue weighted by Gasteiger charge is 2.21. The summed E-state index contributed by atoms with van der Waals surface area (Å²) in [4.78, 5) is 17.3. The van der Waals surface area contributed by atoms with E-state index in [0.29, 0.717) is 17.6 Å². The number of aryl methyl sites for hydroxylation is 1. The zero-order valence-electron chi connectivity index (χ0n) is 20.8. The smallest absolute Gasteiger partial charge is 0.326 e. The van der Waals surface area contributed by atoms with Crippen molar-refractivity contribution in [2.75, 3.05) is 4.72 Å². The first kappa shape index (κ1) is 26.7. The molecular weight excluding hydrogens is 469 g/mol. The van der Waals surface area contributed by atoms with Crippen molar-refractivity contribution in [2.24, 2.45) is 0 Å². The van der Waals surface area contributed by atoms with Gasteiger partial charge in [0.05, 0.1) is 21.6 Å². The van der Waals surface area contributed by atoms with Gasteiger partial charge in [0.15, 0.2) is 0 Å². The van der Waals surface area contributed by atoms with Gasteiger partial charge < -0.3 is 9.30 Å². The number of anilines is 1. The minimum atomic E-state index is -3.89. The van der Waals surface area contributed by atoms with Crippen LogP contribution in [0.4, 0.5) is 10.1 Å². The quantitative estimate of drug-likeness (QED) is 0.263. The zero-order chi connectivity index (χ0) is 25.6. The molecule has 0 amide bonds. The molecule has 7 nitrogen and oxygen atoms in total. The maximum absolute atomic E-state index is 13.2. The van der Waals surface area contributed by atoms with E-state index in [2.05, 4.69) is 11.6 Å². The molecule has 2 aromatic carbocycles. The number of hydrogen-bond acceptors (Lipinski definition) is 5. The fraction of sp³-hybridized carbons (Fsp3) is 0.462. The van der Waals surface area contributed by atoms with E-state index in [0.717, 1.165) is 49.2 Å². The van der Waals surface area contributed by atoms with Gasteiger partial charge in [-0.3, -0.25) is 9.52 Å². The first-order chi connectivity index (χ1) is 16.5. The van der Waals surface area contributed by atoms with Crippen LogP contribution in [-0.2, 0) is 32.5 Å². The number of nitrogens with one attached hydrogen (secondary N) is 1. The summed E-state index contributed by atoms with van der Waals surface area (Å²) in [5, 5.41) is 0. The number of benzene rings is 2. The van der Waals surface area contributed by atoms with E-state index in [-0.39, 0.29) is 17.4 Å². The number of carbonyl (C=O) groups excluding carboxylic acids is 1. The first-order valence-electron chi connectivity index (χ1n) is 12.0. The lowest BCUT2D eigenvalue weighted by atomic mass is 10.1. The van der Waals surface area contributed by atoms with Crippen LogP contribution in [-0.4, -0.2) is 29.5 Å². The molecule has 0 aliphatic rings. The molecule has 3 rings (SSSR count). The molecule has 1 heterocycles. The Hall–Kier alpha value is -2.94. The Morgan fingerprint density at radius 3 is 2.40 bits per heavy atom. The topological polar surface area (TPSA) is 90.3 Å². The first-order valence-corrected chi connectivity index (χ1v) is 13.5. The number of unbranched alkanes of at least 4 members (excludes halogenated alkanes) is 4. The van der Waals surface area contributed by atoms with Gasteiger partial charge in [-0.05, 0) is 69.7 Å². The van der Waals surface area contributed by atoms with E-state index >= 15 is 0 Å². The largest absolute Gasteiger partial charge is 0.459 e. The highest BCUT2D eigenvalue weighted by molar-refractivity contribution is 7.92. The summed E-state index contributed by atoms with van der Waals surface area (Å²) in [5.74, 6) is -0.103. The normalized spacial score (nSPS) is 12.1. The van der Waals surface area contributed by atoms with Crippen LogP contribution in [0.15, 0.2) is 47.4 Å². The minimum absolute atomic E-state index is 0.0265. The number of sulfonamides is 1. The fourth-order valence-electron chi connectivity index (χ4n) is 3.83. The fourth-order valence-corrected chi connectivity index (χ4v) is 4.88. The molecule has 0 aliphatic heterocycles. The lowest BCUT2D eigenvalue weighted by Gasteiger charge is -2.20. The number of carbonyl (C=O) groups is 1. The Bertz CT molecular complexity index is 1260. The van der Waals surface area contributed by atoms with Crippen molar-refractivity contribution in [3.05, 3.63) is 54.1 Å². The zero-order valence-corrected chi connectivity index (χ0v) is 21.6. The van der Waals surface area contributed by atoms with Gasteiger partial charge in [0, 0.05) is 6.42 Å². The molecule has 0 spiro atoms. The van der Waals surface area contributed by atoms with Gasteiger partial charge in [0.25, 0.3) is 10.0 Å². The molecule has 0 fully saturated rings. The molecule has 0 saturated heterocycles. The molecule has 0 radical (unpaired) electrons. The van der Waals surface area contributed by atoms with E-state index in [4.69, 9.17) is 9.72 Å². The van der Waals surface area contributed by atoms with Crippen LogP contribution in [0.25, 0.3) is 11.0 Å². The average molecular weight is 504 g/mol. The summed E-state index contributed by atoms with van der Waals surface area (Å²) in [6, 6.07) is 9.64. The average Bonchev–Trinajstić information content (AvgIpc) is 3.08. The second-order valence-electron chi connectivity index (χ2n) is 9.63. The van der Waals surface area contributed by atoms with Crippen molar-refractivity contribution in [3.8, 4) is 0 Å². The number of nitrogens with zero attached hydrogens (tertiary/aromatic N) is 2. The van der Waals surface area contributed by atoms with Gasteiger partial charge in [-0.15, -0.1) is 0 Å². The van der Waals surface area contributed by atoms with Gasteiger partial charge in [-0.2, -0.15) is 0 Å². The molecule has 3 aromatic rings. The second kappa shape index (κ2) is 11.2. The number of hydrogen-bond donors (Lipinski definition) is 1. The van der Waals surface area contributed by atoms with E-state index in [1.165, 1.54) is 18.6 Å². The third kappa shape index (κ3) is 7.52. The molecule has 0 atom stereocenters. The van der Waals surface area contributed by atoms with Crippen molar-refractivity contribution in [3.63, 3.8) is 0 Å². The van der Waals surface area contributed by atoms with E-state index in [1.54, 1.807) is 18.2 Å². The maximum Gasteiger partial charge on any atom is 0.326 e. The number of rotatable bonds is 11. The van der Waals surface area contributed by atoms with E-state index < -0.39 is 21.4 Å². The summed E-state index contributed by atoms with van der Waals surface area (Å²) < 4.78 is 48.5. The van der Waals surface area contributed by atoms with Crippen molar-refractivity contribution in [2.45, 2.75) is 83.3 Å². The van der Waals surface area contributed by atoms with Crippen LogP contribution in [0.5, 0.6) is 0 Å². The summed E-state index contributed by atoms with van der Waals surface area (Å²) in [6.45, 7) is 7.67. The number of imidazole rings is 1. The SMILES string of the molecule is CCCCCCCc1nc2cc(NS(=O)(=O)c3ccc(F)cc3)ccc2n1CC(=O)OC(C)(C)C. The molecule has 0 saturated carbocycles. The van der Waals surface area contributed by atoms with Crippen LogP contribution in [0.1, 0.15) is 65.6 Å². The number of ether oxygens (including phenoxy) is 1. The summed E-state index contributed by atoms with van der Waals surface area (Å²) in [5.41, 5.74) is 1.04. The van der Waals surface area contributed by atoms with Crippen molar-refractivity contribution in [1.29, 1.82) is 0 Å². The Morgan fingerprint density at radius 1 is 1.06 bits per heavy atom.